The van der Waals surface area contributed by atoms with E-state index >= 15 is 0 Å². The molecule has 2 aromatic heterocycles. The minimum absolute atomic E-state index is 0.135. The average Bonchev–Trinajstić information content (AvgIpc) is 3.30. The highest BCUT2D eigenvalue weighted by atomic mass is 19.4. The molecule has 4 rings (SSSR count). The van der Waals surface area contributed by atoms with Gasteiger partial charge in [0.25, 0.3) is 5.89 Å². The number of hydrogen-bond acceptors (Lipinski definition) is 5. The Kier molecular flexibility index (Phi) is 4.98. The SMILES string of the molecule is Cc1cc(-c2nc(-c3ccc(OC(F)(F)F)cc3)no2)nn1Cc1ccccc1F. The Balaban J connectivity index is 1.54. The molecular formula is C20H14F4N4O2. The molecule has 0 saturated carbocycles. The van der Waals surface area contributed by atoms with Crippen molar-refractivity contribution >= 4 is 0 Å². The van der Waals surface area contributed by atoms with Crippen LogP contribution in [0.4, 0.5) is 17.6 Å². The third kappa shape index (κ3) is 4.32. The van der Waals surface area contributed by atoms with Crippen LogP contribution in [0.25, 0.3) is 23.0 Å². The van der Waals surface area contributed by atoms with E-state index in [0.717, 1.165) is 17.8 Å². The molecule has 0 amide bonds. The summed E-state index contributed by atoms with van der Waals surface area (Å²) in [5.74, 6) is -0.356. The number of alkyl halides is 3. The predicted molar refractivity (Wildman–Crippen MR) is 97.9 cm³/mol. The summed E-state index contributed by atoms with van der Waals surface area (Å²) >= 11 is 0. The van der Waals surface area contributed by atoms with E-state index in [1.54, 1.807) is 28.9 Å². The highest BCUT2D eigenvalue weighted by Gasteiger charge is 2.31. The summed E-state index contributed by atoms with van der Waals surface area (Å²) < 4.78 is 61.4. The average molecular weight is 418 g/mol. The second kappa shape index (κ2) is 7.62. The molecule has 0 spiro atoms. The lowest BCUT2D eigenvalue weighted by molar-refractivity contribution is -0.274. The second-order valence-electron chi connectivity index (χ2n) is 6.42. The minimum Gasteiger partial charge on any atom is -0.406 e. The number of aromatic nitrogens is 4. The second-order valence-corrected chi connectivity index (χ2v) is 6.42. The molecule has 0 bridgehead atoms. The number of hydrogen-bond donors (Lipinski definition) is 0. The first-order chi connectivity index (χ1) is 14.3. The number of nitrogens with zero attached hydrogens (tertiary/aromatic N) is 4. The van der Waals surface area contributed by atoms with E-state index in [0.29, 0.717) is 16.8 Å². The van der Waals surface area contributed by atoms with Gasteiger partial charge < -0.3 is 9.26 Å². The van der Waals surface area contributed by atoms with Crippen molar-refractivity contribution < 1.29 is 26.8 Å². The summed E-state index contributed by atoms with van der Waals surface area (Å²) in [5, 5.41) is 8.23. The molecule has 0 aliphatic heterocycles. The summed E-state index contributed by atoms with van der Waals surface area (Å²) in [6.45, 7) is 2.05. The fourth-order valence-corrected chi connectivity index (χ4v) is 2.81. The van der Waals surface area contributed by atoms with Crippen LogP contribution in [0.5, 0.6) is 5.75 Å². The number of benzene rings is 2. The van der Waals surface area contributed by atoms with Gasteiger partial charge in [0.1, 0.15) is 11.6 Å². The van der Waals surface area contributed by atoms with E-state index in [1.807, 2.05) is 6.92 Å². The van der Waals surface area contributed by atoms with Crippen LogP contribution in [0, 0.1) is 12.7 Å². The molecule has 0 saturated heterocycles. The normalized spacial score (nSPS) is 11.6. The lowest BCUT2D eigenvalue weighted by Gasteiger charge is -2.08. The maximum Gasteiger partial charge on any atom is 0.573 e. The molecule has 2 aromatic carbocycles. The molecule has 0 aliphatic carbocycles. The van der Waals surface area contributed by atoms with Crippen LogP contribution < -0.4 is 4.74 Å². The molecule has 0 aliphatic rings. The van der Waals surface area contributed by atoms with Gasteiger partial charge in [-0.3, -0.25) is 4.68 Å². The molecule has 0 fully saturated rings. The largest absolute Gasteiger partial charge is 0.573 e. The molecule has 6 nitrogen and oxygen atoms in total. The monoisotopic (exact) mass is 418 g/mol. The van der Waals surface area contributed by atoms with Gasteiger partial charge in [-0.05, 0) is 43.3 Å². The van der Waals surface area contributed by atoms with Gasteiger partial charge >= 0.3 is 6.36 Å². The van der Waals surface area contributed by atoms with Gasteiger partial charge in [0.05, 0.1) is 6.54 Å². The van der Waals surface area contributed by atoms with Gasteiger partial charge in [0.2, 0.25) is 5.82 Å². The lowest BCUT2D eigenvalue weighted by atomic mass is 10.2. The maximum atomic E-state index is 13.9. The van der Waals surface area contributed by atoms with Crippen LogP contribution in [0.15, 0.2) is 59.1 Å². The van der Waals surface area contributed by atoms with E-state index in [-0.39, 0.29) is 29.8 Å². The van der Waals surface area contributed by atoms with Gasteiger partial charge in [-0.15, -0.1) is 13.2 Å². The number of halogens is 4. The van der Waals surface area contributed by atoms with E-state index in [2.05, 4.69) is 20.0 Å². The summed E-state index contributed by atoms with van der Waals surface area (Å²) in [5.41, 5.74) is 2.10. The maximum absolute atomic E-state index is 13.9. The highest BCUT2D eigenvalue weighted by Crippen LogP contribution is 2.27. The Bertz CT molecular complexity index is 1170. The highest BCUT2D eigenvalue weighted by molar-refractivity contribution is 5.58. The van der Waals surface area contributed by atoms with Crippen LogP contribution >= 0.6 is 0 Å². The van der Waals surface area contributed by atoms with E-state index in [4.69, 9.17) is 4.52 Å². The Morgan fingerprint density at radius 2 is 1.80 bits per heavy atom. The van der Waals surface area contributed by atoms with Crippen molar-refractivity contribution in [3.63, 3.8) is 0 Å². The fourth-order valence-electron chi connectivity index (χ4n) is 2.81. The third-order valence-corrected chi connectivity index (χ3v) is 4.25. The summed E-state index contributed by atoms with van der Waals surface area (Å²) in [4.78, 5) is 4.24. The first kappa shape index (κ1) is 19.6. The standard InChI is InChI=1S/C20H14F4N4O2/c1-12-10-17(26-28(12)11-14-4-2-3-5-16(14)21)19-25-18(27-30-19)13-6-8-15(9-7-13)29-20(22,23)24/h2-10H,11H2,1H3. The molecule has 0 radical (unpaired) electrons. The van der Waals surface area contributed by atoms with Gasteiger partial charge in [0, 0.05) is 16.8 Å². The van der Waals surface area contributed by atoms with Crippen molar-refractivity contribution in [3.05, 3.63) is 71.7 Å². The van der Waals surface area contributed by atoms with Crippen LogP contribution in [0.3, 0.4) is 0 Å². The van der Waals surface area contributed by atoms with Crippen LogP contribution in [-0.2, 0) is 6.54 Å². The van der Waals surface area contributed by atoms with Gasteiger partial charge in [-0.1, -0.05) is 23.4 Å². The molecule has 0 unspecified atom stereocenters. The van der Waals surface area contributed by atoms with Crippen molar-refractivity contribution in [1.29, 1.82) is 0 Å². The summed E-state index contributed by atoms with van der Waals surface area (Å²) in [7, 11) is 0. The Morgan fingerprint density at radius 1 is 1.07 bits per heavy atom. The van der Waals surface area contributed by atoms with Gasteiger partial charge in [-0.25, -0.2) is 4.39 Å². The van der Waals surface area contributed by atoms with E-state index < -0.39 is 6.36 Å². The van der Waals surface area contributed by atoms with Crippen molar-refractivity contribution in [2.45, 2.75) is 19.8 Å². The minimum atomic E-state index is -4.76. The predicted octanol–water partition coefficient (Wildman–Crippen LogP) is 4.99. The zero-order valence-corrected chi connectivity index (χ0v) is 15.5. The molecule has 10 heteroatoms. The Morgan fingerprint density at radius 3 is 2.50 bits per heavy atom. The molecule has 30 heavy (non-hydrogen) atoms. The zero-order valence-electron chi connectivity index (χ0n) is 15.5. The third-order valence-electron chi connectivity index (χ3n) is 4.25. The van der Waals surface area contributed by atoms with Crippen LogP contribution in [-0.4, -0.2) is 26.3 Å². The molecule has 154 valence electrons. The van der Waals surface area contributed by atoms with Gasteiger partial charge in [0.15, 0.2) is 5.69 Å². The van der Waals surface area contributed by atoms with Gasteiger partial charge in [-0.2, -0.15) is 10.1 Å². The summed E-state index contributed by atoms with van der Waals surface area (Å²) in [6, 6.07) is 13.2. The van der Waals surface area contributed by atoms with E-state index in [1.165, 1.54) is 18.2 Å². The number of rotatable bonds is 5. The van der Waals surface area contributed by atoms with Crippen molar-refractivity contribution in [2.75, 3.05) is 0 Å². The Hall–Kier alpha value is -3.69. The lowest BCUT2D eigenvalue weighted by Crippen LogP contribution is -2.16. The molecule has 0 atom stereocenters. The van der Waals surface area contributed by atoms with Crippen LogP contribution in [0.2, 0.25) is 0 Å². The topological polar surface area (TPSA) is 66.0 Å². The molecule has 0 N–H and O–H groups in total. The fraction of sp³-hybridized carbons (Fsp3) is 0.150. The van der Waals surface area contributed by atoms with Crippen LogP contribution in [0.1, 0.15) is 11.3 Å². The first-order valence-corrected chi connectivity index (χ1v) is 8.76. The molecular weight excluding hydrogens is 404 g/mol. The van der Waals surface area contributed by atoms with Crippen molar-refractivity contribution in [3.8, 4) is 28.7 Å². The first-order valence-electron chi connectivity index (χ1n) is 8.76. The quantitative estimate of drug-likeness (QED) is 0.427. The number of aryl methyl sites for hydroxylation is 1. The Labute approximate surface area is 167 Å². The zero-order chi connectivity index (χ0) is 21.3. The number of ether oxygens (including phenoxy) is 1. The molecule has 4 aromatic rings. The van der Waals surface area contributed by atoms with Crippen molar-refractivity contribution in [1.82, 2.24) is 19.9 Å². The van der Waals surface area contributed by atoms with E-state index in [9.17, 15) is 17.6 Å². The van der Waals surface area contributed by atoms with Crippen molar-refractivity contribution in [2.24, 2.45) is 0 Å². The summed E-state index contributed by atoms with van der Waals surface area (Å²) in [6.07, 6.45) is -4.76. The molecule has 2 heterocycles. The smallest absolute Gasteiger partial charge is 0.406 e.